The second kappa shape index (κ2) is 6.72. The molecule has 21 heavy (non-hydrogen) atoms. The minimum absolute atomic E-state index is 0.227. The molecule has 0 atom stereocenters. The summed E-state index contributed by atoms with van der Waals surface area (Å²) in [6, 6.07) is 10.0. The molecule has 0 heterocycles. The Balaban J connectivity index is 2.33. The first-order chi connectivity index (χ1) is 10.0. The quantitative estimate of drug-likeness (QED) is 0.847. The summed E-state index contributed by atoms with van der Waals surface area (Å²) in [6.07, 6.45) is 0. The van der Waals surface area contributed by atoms with Crippen LogP contribution >= 0.6 is 15.9 Å². The van der Waals surface area contributed by atoms with Crippen molar-refractivity contribution in [3.05, 3.63) is 57.8 Å². The van der Waals surface area contributed by atoms with E-state index < -0.39 is 5.82 Å². The molecule has 2 rings (SSSR count). The maximum Gasteiger partial charge on any atom is 0.257 e. The van der Waals surface area contributed by atoms with Crippen LogP contribution in [-0.2, 0) is 0 Å². The van der Waals surface area contributed by atoms with Gasteiger partial charge in [0.15, 0.2) is 0 Å². The molecule has 2 aromatic rings. The largest absolute Gasteiger partial charge is 0.382 e. The zero-order chi connectivity index (χ0) is 15.4. The molecular weight excluding hydrogens is 335 g/mol. The molecule has 3 nitrogen and oxygen atoms in total. The molecule has 0 spiro atoms. The van der Waals surface area contributed by atoms with E-state index in [9.17, 15) is 9.18 Å². The highest BCUT2D eigenvalue weighted by molar-refractivity contribution is 9.10. The topological polar surface area (TPSA) is 41.1 Å². The van der Waals surface area contributed by atoms with E-state index in [1.807, 2.05) is 32.0 Å². The zero-order valence-corrected chi connectivity index (χ0v) is 13.4. The van der Waals surface area contributed by atoms with Gasteiger partial charge in [0.1, 0.15) is 5.82 Å². The van der Waals surface area contributed by atoms with E-state index in [0.29, 0.717) is 12.2 Å². The number of benzene rings is 2. The van der Waals surface area contributed by atoms with Gasteiger partial charge in [0.2, 0.25) is 0 Å². The van der Waals surface area contributed by atoms with Gasteiger partial charge in [-0.1, -0.05) is 28.1 Å². The summed E-state index contributed by atoms with van der Waals surface area (Å²) < 4.78 is 14.7. The van der Waals surface area contributed by atoms with Crippen molar-refractivity contribution in [3.63, 3.8) is 0 Å². The van der Waals surface area contributed by atoms with Crippen LogP contribution in [0.2, 0.25) is 0 Å². The molecule has 0 saturated carbocycles. The van der Waals surface area contributed by atoms with Crippen LogP contribution < -0.4 is 10.6 Å². The zero-order valence-electron chi connectivity index (χ0n) is 11.8. The van der Waals surface area contributed by atoms with E-state index in [2.05, 4.69) is 26.6 Å². The summed E-state index contributed by atoms with van der Waals surface area (Å²) in [4.78, 5) is 12.4. The smallest absolute Gasteiger partial charge is 0.257 e. The van der Waals surface area contributed by atoms with Crippen LogP contribution in [0.4, 0.5) is 15.8 Å². The van der Waals surface area contributed by atoms with Gasteiger partial charge in [0.25, 0.3) is 5.91 Å². The molecule has 2 aromatic carbocycles. The fourth-order valence-electron chi connectivity index (χ4n) is 2.00. The molecular formula is C16H16BrFN2O. The summed E-state index contributed by atoms with van der Waals surface area (Å²) in [7, 11) is 0. The Morgan fingerprint density at radius 2 is 1.95 bits per heavy atom. The monoisotopic (exact) mass is 350 g/mol. The lowest BCUT2D eigenvalue weighted by atomic mass is 10.1. The molecule has 5 heteroatoms. The van der Waals surface area contributed by atoms with Crippen molar-refractivity contribution in [1.29, 1.82) is 0 Å². The minimum Gasteiger partial charge on any atom is -0.382 e. The van der Waals surface area contributed by atoms with Crippen LogP contribution in [0.3, 0.4) is 0 Å². The Hall–Kier alpha value is -1.88. The molecule has 0 bridgehead atoms. The van der Waals surface area contributed by atoms with Crippen molar-refractivity contribution in [2.24, 2.45) is 0 Å². The van der Waals surface area contributed by atoms with Gasteiger partial charge in [-0.05, 0) is 43.7 Å². The average molecular weight is 351 g/mol. The van der Waals surface area contributed by atoms with E-state index in [4.69, 9.17) is 0 Å². The molecule has 0 aliphatic heterocycles. The third kappa shape index (κ3) is 3.42. The number of carbonyl (C=O) groups excluding carboxylic acids is 1. The van der Waals surface area contributed by atoms with Crippen molar-refractivity contribution in [1.82, 2.24) is 0 Å². The van der Waals surface area contributed by atoms with Gasteiger partial charge < -0.3 is 10.6 Å². The van der Waals surface area contributed by atoms with Crippen molar-refractivity contribution in [2.75, 3.05) is 17.2 Å². The first-order valence-electron chi connectivity index (χ1n) is 6.63. The molecule has 0 aromatic heterocycles. The lowest BCUT2D eigenvalue weighted by molar-refractivity contribution is 0.102. The first-order valence-corrected chi connectivity index (χ1v) is 7.42. The molecule has 0 unspecified atom stereocenters. The Labute approximate surface area is 131 Å². The molecule has 0 saturated heterocycles. The van der Waals surface area contributed by atoms with E-state index >= 15 is 0 Å². The molecule has 0 aliphatic carbocycles. The first kappa shape index (κ1) is 15.5. The third-order valence-electron chi connectivity index (χ3n) is 3.13. The summed E-state index contributed by atoms with van der Waals surface area (Å²) in [5.74, 6) is -0.776. The summed E-state index contributed by atoms with van der Waals surface area (Å²) in [5.41, 5.74) is 2.13. The molecule has 110 valence electrons. The highest BCUT2D eigenvalue weighted by Gasteiger charge is 2.15. The Bertz CT molecular complexity index is 673. The van der Waals surface area contributed by atoms with Gasteiger partial charge in [-0.2, -0.15) is 0 Å². The SMILES string of the molecule is CCNc1c(F)cccc1C(=O)Nc1cccc(Br)c1C. The van der Waals surface area contributed by atoms with Crippen molar-refractivity contribution < 1.29 is 9.18 Å². The number of anilines is 2. The maximum absolute atomic E-state index is 13.8. The van der Waals surface area contributed by atoms with E-state index in [-0.39, 0.29) is 17.2 Å². The Morgan fingerprint density at radius 3 is 2.67 bits per heavy atom. The van der Waals surface area contributed by atoms with Crippen LogP contribution in [0.25, 0.3) is 0 Å². The normalized spacial score (nSPS) is 10.3. The Kier molecular flexibility index (Phi) is 4.96. The van der Waals surface area contributed by atoms with Crippen molar-refractivity contribution in [3.8, 4) is 0 Å². The fourth-order valence-corrected chi connectivity index (χ4v) is 2.37. The van der Waals surface area contributed by atoms with E-state index in [1.165, 1.54) is 12.1 Å². The summed E-state index contributed by atoms with van der Waals surface area (Å²) >= 11 is 3.42. The maximum atomic E-state index is 13.8. The number of carbonyl (C=O) groups is 1. The van der Waals surface area contributed by atoms with Gasteiger partial charge in [0, 0.05) is 16.7 Å². The van der Waals surface area contributed by atoms with Crippen molar-refractivity contribution in [2.45, 2.75) is 13.8 Å². The highest BCUT2D eigenvalue weighted by atomic mass is 79.9. The standard InChI is InChI=1S/C16H16BrFN2O/c1-3-19-15-11(6-4-8-13(15)18)16(21)20-14-9-5-7-12(17)10(14)2/h4-9,19H,3H2,1-2H3,(H,20,21). The number of para-hydroxylation sites is 1. The predicted molar refractivity (Wildman–Crippen MR) is 87.4 cm³/mol. The summed E-state index contributed by atoms with van der Waals surface area (Å²) in [6.45, 7) is 4.29. The summed E-state index contributed by atoms with van der Waals surface area (Å²) in [5, 5.41) is 5.71. The van der Waals surface area contributed by atoms with Crippen LogP contribution in [0.5, 0.6) is 0 Å². The molecule has 0 aliphatic rings. The van der Waals surface area contributed by atoms with Gasteiger partial charge in [-0.15, -0.1) is 0 Å². The van der Waals surface area contributed by atoms with E-state index in [0.717, 1.165) is 10.0 Å². The van der Waals surface area contributed by atoms with Crippen LogP contribution in [0, 0.1) is 12.7 Å². The van der Waals surface area contributed by atoms with Crippen LogP contribution in [0.15, 0.2) is 40.9 Å². The minimum atomic E-state index is -0.435. The number of amides is 1. The Morgan fingerprint density at radius 1 is 1.24 bits per heavy atom. The number of nitrogens with one attached hydrogen (secondary N) is 2. The highest BCUT2D eigenvalue weighted by Crippen LogP contribution is 2.25. The lowest BCUT2D eigenvalue weighted by Gasteiger charge is -2.13. The van der Waals surface area contributed by atoms with Gasteiger partial charge in [-0.25, -0.2) is 4.39 Å². The number of hydrogen-bond acceptors (Lipinski definition) is 2. The molecule has 2 N–H and O–H groups in total. The van der Waals surface area contributed by atoms with Gasteiger partial charge >= 0.3 is 0 Å². The predicted octanol–water partition coefficient (Wildman–Crippen LogP) is 4.58. The second-order valence-corrected chi connectivity index (χ2v) is 5.41. The van der Waals surface area contributed by atoms with Gasteiger partial charge in [-0.3, -0.25) is 4.79 Å². The number of hydrogen-bond donors (Lipinski definition) is 2. The molecule has 0 radical (unpaired) electrons. The lowest BCUT2D eigenvalue weighted by Crippen LogP contribution is -2.16. The third-order valence-corrected chi connectivity index (χ3v) is 3.99. The fraction of sp³-hybridized carbons (Fsp3) is 0.188. The number of halogens is 2. The molecule has 1 amide bonds. The van der Waals surface area contributed by atoms with E-state index in [1.54, 1.807) is 6.07 Å². The van der Waals surface area contributed by atoms with Crippen LogP contribution in [-0.4, -0.2) is 12.5 Å². The van der Waals surface area contributed by atoms with Gasteiger partial charge in [0.05, 0.1) is 11.3 Å². The average Bonchev–Trinajstić information content (AvgIpc) is 2.46. The van der Waals surface area contributed by atoms with Crippen LogP contribution in [0.1, 0.15) is 22.8 Å². The second-order valence-electron chi connectivity index (χ2n) is 4.56. The van der Waals surface area contributed by atoms with Crippen molar-refractivity contribution >= 4 is 33.2 Å². The number of rotatable bonds is 4. The molecule has 0 fully saturated rings.